The van der Waals surface area contributed by atoms with E-state index >= 15 is 0 Å². The highest BCUT2D eigenvalue weighted by molar-refractivity contribution is 6.31. The smallest absolute Gasteiger partial charge is 0.387 e. The van der Waals surface area contributed by atoms with Crippen LogP contribution in [-0.4, -0.2) is 12.4 Å². The van der Waals surface area contributed by atoms with Crippen molar-refractivity contribution in [3.63, 3.8) is 0 Å². The molecule has 0 spiro atoms. The molecule has 0 N–H and O–H groups in total. The molecule has 80 valence electrons. The number of ketones is 1. The lowest BCUT2D eigenvalue weighted by Gasteiger charge is -2.08. The van der Waals surface area contributed by atoms with Gasteiger partial charge < -0.3 is 4.74 Å². The van der Waals surface area contributed by atoms with Gasteiger partial charge in [-0.15, -0.1) is 0 Å². The first kappa shape index (κ1) is 11.7. The lowest BCUT2D eigenvalue weighted by molar-refractivity contribution is -0.0501. The van der Waals surface area contributed by atoms with Crippen molar-refractivity contribution in [2.75, 3.05) is 0 Å². The van der Waals surface area contributed by atoms with Gasteiger partial charge in [-0.3, -0.25) is 4.79 Å². The third-order valence-electron chi connectivity index (χ3n) is 1.61. The Labute approximate surface area is 90.1 Å². The molecule has 1 aromatic rings. The Morgan fingerprint density at radius 1 is 1.53 bits per heavy atom. The van der Waals surface area contributed by atoms with Crippen molar-refractivity contribution in [2.45, 2.75) is 6.61 Å². The average molecular weight is 233 g/mol. The van der Waals surface area contributed by atoms with E-state index in [0.717, 1.165) is 12.1 Å². The number of hydrogen-bond acceptors (Lipinski definition) is 2. The SMILES string of the molecule is C=CC(=O)c1ccc(Cl)cc1OC(F)F. The summed E-state index contributed by atoms with van der Waals surface area (Å²) in [4.78, 5) is 11.2. The van der Waals surface area contributed by atoms with E-state index in [0.29, 0.717) is 0 Å². The predicted molar refractivity (Wildman–Crippen MR) is 52.6 cm³/mol. The van der Waals surface area contributed by atoms with Crippen molar-refractivity contribution in [1.29, 1.82) is 0 Å². The molecule has 0 fully saturated rings. The van der Waals surface area contributed by atoms with E-state index in [1.54, 1.807) is 0 Å². The lowest BCUT2D eigenvalue weighted by Crippen LogP contribution is -2.06. The zero-order valence-corrected chi connectivity index (χ0v) is 8.30. The van der Waals surface area contributed by atoms with Gasteiger partial charge >= 0.3 is 6.61 Å². The van der Waals surface area contributed by atoms with Crippen LogP contribution >= 0.6 is 11.6 Å². The molecule has 0 saturated carbocycles. The van der Waals surface area contributed by atoms with Crippen LogP contribution in [0.15, 0.2) is 30.9 Å². The van der Waals surface area contributed by atoms with Gasteiger partial charge in [0, 0.05) is 5.02 Å². The van der Waals surface area contributed by atoms with Crippen LogP contribution < -0.4 is 4.74 Å². The van der Waals surface area contributed by atoms with Crippen LogP contribution in [0.4, 0.5) is 8.78 Å². The first-order valence-electron chi connectivity index (χ1n) is 3.95. The third-order valence-corrected chi connectivity index (χ3v) is 1.85. The normalized spacial score (nSPS) is 10.1. The highest BCUT2D eigenvalue weighted by Crippen LogP contribution is 2.25. The first-order valence-corrected chi connectivity index (χ1v) is 4.33. The summed E-state index contributed by atoms with van der Waals surface area (Å²) in [6.07, 6.45) is 1.02. The fourth-order valence-corrected chi connectivity index (χ4v) is 1.17. The molecule has 0 aliphatic rings. The van der Waals surface area contributed by atoms with Gasteiger partial charge in [0.25, 0.3) is 0 Å². The van der Waals surface area contributed by atoms with Gasteiger partial charge in [-0.2, -0.15) is 8.78 Å². The van der Waals surface area contributed by atoms with E-state index in [9.17, 15) is 13.6 Å². The monoisotopic (exact) mass is 232 g/mol. The van der Waals surface area contributed by atoms with Crippen molar-refractivity contribution < 1.29 is 18.3 Å². The van der Waals surface area contributed by atoms with Gasteiger partial charge in [-0.1, -0.05) is 18.2 Å². The molecule has 0 aliphatic carbocycles. The largest absolute Gasteiger partial charge is 0.434 e. The molecule has 0 heterocycles. The van der Waals surface area contributed by atoms with Crippen LogP contribution in [-0.2, 0) is 0 Å². The van der Waals surface area contributed by atoms with Crippen molar-refractivity contribution in [2.24, 2.45) is 0 Å². The fourth-order valence-electron chi connectivity index (χ4n) is 1.00. The zero-order chi connectivity index (χ0) is 11.4. The average Bonchev–Trinajstić information content (AvgIpc) is 2.16. The molecule has 1 rings (SSSR count). The Kier molecular flexibility index (Phi) is 3.80. The maximum Gasteiger partial charge on any atom is 0.387 e. The number of rotatable bonds is 4. The van der Waals surface area contributed by atoms with Crippen molar-refractivity contribution in [1.82, 2.24) is 0 Å². The second-order valence-electron chi connectivity index (χ2n) is 2.59. The van der Waals surface area contributed by atoms with Crippen LogP contribution in [0.2, 0.25) is 5.02 Å². The summed E-state index contributed by atoms with van der Waals surface area (Å²) in [6.45, 7) is 0.254. The molecule has 0 unspecified atom stereocenters. The molecule has 5 heteroatoms. The minimum atomic E-state index is -3.00. The van der Waals surface area contributed by atoms with Gasteiger partial charge in [0.15, 0.2) is 5.78 Å². The third kappa shape index (κ3) is 3.02. The second-order valence-corrected chi connectivity index (χ2v) is 3.02. The van der Waals surface area contributed by atoms with Crippen molar-refractivity contribution in [3.8, 4) is 5.75 Å². The second kappa shape index (κ2) is 4.89. The number of benzene rings is 1. The maximum absolute atomic E-state index is 12.0. The van der Waals surface area contributed by atoms with Crippen LogP contribution in [0.25, 0.3) is 0 Å². The molecular formula is C10H7ClF2O2. The number of alkyl halides is 2. The molecule has 0 aromatic heterocycles. The van der Waals surface area contributed by atoms with Gasteiger partial charge in [0.2, 0.25) is 0 Å². The Balaban J connectivity index is 3.13. The maximum atomic E-state index is 12.0. The molecular weight excluding hydrogens is 226 g/mol. The van der Waals surface area contributed by atoms with Crippen LogP contribution in [0.5, 0.6) is 5.75 Å². The fraction of sp³-hybridized carbons (Fsp3) is 0.100. The zero-order valence-electron chi connectivity index (χ0n) is 7.54. The van der Waals surface area contributed by atoms with Crippen LogP contribution in [0.3, 0.4) is 0 Å². The van der Waals surface area contributed by atoms with Gasteiger partial charge in [-0.25, -0.2) is 0 Å². The summed E-state index contributed by atoms with van der Waals surface area (Å²) >= 11 is 5.59. The topological polar surface area (TPSA) is 26.3 Å². The quantitative estimate of drug-likeness (QED) is 0.588. The van der Waals surface area contributed by atoms with E-state index < -0.39 is 12.4 Å². The highest BCUT2D eigenvalue weighted by Gasteiger charge is 2.14. The number of halogens is 3. The number of ether oxygens (including phenoxy) is 1. The summed E-state index contributed by atoms with van der Waals surface area (Å²) in [5, 5.41) is 0.214. The minimum absolute atomic E-state index is 0.00898. The van der Waals surface area contributed by atoms with E-state index in [-0.39, 0.29) is 16.3 Å². The molecule has 1 aromatic carbocycles. The first-order chi connectivity index (χ1) is 7.04. The molecule has 0 bridgehead atoms. The highest BCUT2D eigenvalue weighted by atomic mass is 35.5. The number of allylic oxidation sites excluding steroid dienone is 1. The number of carbonyl (C=O) groups is 1. The van der Waals surface area contributed by atoms with Gasteiger partial charge in [0.1, 0.15) is 5.75 Å². The number of hydrogen-bond donors (Lipinski definition) is 0. The summed E-state index contributed by atoms with van der Waals surface area (Å²) < 4.78 is 28.2. The van der Waals surface area contributed by atoms with Crippen molar-refractivity contribution >= 4 is 17.4 Å². The minimum Gasteiger partial charge on any atom is -0.434 e. The Morgan fingerprint density at radius 2 is 2.20 bits per heavy atom. The Bertz CT molecular complexity index is 391. The molecule has 0 amide bonds. The van der Waals surface area contributed by atoms with Gasteiger partial charge in [-0.05, 0) is 24.3 Å². The summed E-state index contributed by atoms with van der Waals surface area (Å²) in [5.74, 6) is -0.746. The van der Waals surface area contributed by atoms with Gasteiger partial charge in [0.05, 0.1) is 5.56 Å². The summed E-state index contributed by atoms with van der Waals surface area (Å²) in [6, 6.07) is 3.88. The van der Waals surface area contributed by atoms with E-state index in [1.807, 2.05) is 0 Å². The van der Waals surface area contributed by atoms with Crippen LogP contribution in [0.1, 0.15) is 10.4 Å². The van der Waals surface area contributed by atoms with Crippen molar-refractivity contribution in [3.05, 3.63) is 41.4 Å². The van der Waals surface area contributed by atoms with E-state index in [1.165, 1.54) is 12.1 Å². The molecule has 0 saturated heterocycles. The van der Waals surface area contributed by atoms with E-state index in [2.05, 4.69) is 11.3 Å². The summed E-state index contributed by atoms with van der Waals surface area (Å²) in [5.41, 5.74) is 0.00898. The molecule has 15 heavy (non-hydrogen) atoms. The standard InChI is InChI=1S/C10H7ClF2O2/c1-2-8(14)7-4-3-6(11)5-9(7)15-10(12)13/h2-5,10H,1H2. The molecule has 0 atom stereocenters. The Morgan fingerprint density at radius 3 is 2.73 bits per heavy atom. The summed E-state index contributed by atoms with van der Waals surface area (Å²) in [7, 11) is 0. The van der Waals surface area contributed by atoms with Crippen LogP contribution in [0, 0.1) is 0 Å². The Hall–Kier alpha value is -1.42. The molecule has 2 nitrogen and oxygen atoms in total. The van der Waals surface area contributed by atoms with E-state index in [4.69, 9.17) is 11.6 Å². The lowest BCUT2D eigenvalue weighted by atomic mass is 10.1. The molecule has 0 aliphatic heterocycles. The number of carbonyl (C=O) groups excluding carboxylic acids is 1. The predicted octanol–water partition coefficient (Wildman–Crippen LogP) is 3.31. The molecule has 0 radical (unpaired) electrons.